The lowest BCUT2D eigenvalue weighted by molar-refractivity contribution is -0.133. The molecule has 4 nitrogen and oxygen atoms in total. The molecule has 4 heteroatoms. The average molecular weight is 387 g/mol. The highest BCUT2D eigenvalue weighted by Crippen LogP contribution is 2.36. The van der Waals surface area contributed by atoms with Crippen molar-refractivity contribution in [2.75, 3.05) is 40.3 Å². The number of nitrogens with zero attached hydrogens (tertiary/aromatic N) is 2. The molecule has 1 saturated heterocycles. The monoisotopic (exact) mass is 386 g/mol. The lowest BCUT2D eigenvalue weighted by atomic mass is 9.80. The molecule has 28 heavy (non-hydrogen) atoms. The van der Waals surface area contributed by atoms with Crippen molar-refractivity contribution in [3.05, 3.63) is 29.3 Å². The van der Waals surface area contributed by atoms with Gasteiger partial charge >= 0.3 is 0 Å². The summed E-state index contributed by atoms with van der Waals surface area (Å²) in [7, 11) is 3.96. The number of hydrogen-bond acceptors (Lipinski definition) is 3. The van der Waals surface area contributed by atoms with Crippen LogP contribution in [0.5, 0.6) is 5.75 Å². The molecule has 1 aliphatic heterocycles. The molecule has 0 radical (unpaired) electrons. The lowest BCUT2D eigenvalue weighted by Gasteiger charge is -2.35. The predicted molar refractivity (Wildman–Crippen MR) is 115 cm³/mol. The molecule has 0 bridgehead atoms. The van der Waals surface area contributed by atoms with Crippen LogP contribution in [0.15, 0.2) is 18.2 Å². The van der Waals surface area contributed by atoms with E-state index in [0.717, 1.165) is 50.4 Å². The zero-order valence-electron chi connectivity index (χ0n) is 18.1. The van der Waals surface area contributed by atoms with Crippen LogP contribution in [0, 0.1) is 5.92 Å². The molecule has 1 atom stereocenters. The minimum atomic E-state index is 0.353. The second-order valence-electron chi connectivity index (χ2n) is 8.80. The van der Waals surface area contributed by atoms with E-state index >= 15 is 0 Å². The molecule has 1 fully saturated rings. The van der Waals surface area contributed by atoms with E-state index in [1.807, 2.05) is 6.07 Å². The van der Waals surface area contributed by atoms with Gasteiger partial charge in [-0.2, -0.15) is 0 Å². The van der Waals surface area contributed by atoms with E-state index in [1.54, 1.807) is 7.11 Å². The third-order valence-corrected chi connectivity index (χ3v) is 6.64. The van der Waals surface area contributed by atoms with Crippen LogP contribution >= 0.6 is 0 Å². The normalized spacial score (nSPS) is 20.3. The molecule has 1 amide bonds. The fourth-order valence-corrected chi connectivity index (χ4v) is 4.90. The number of unbranched alkanes of at least 4 members (excludes halogenated alkanes) is 1. The molecule has 0 saturated carbocycles. The number of hydrogen-bond donors (Lipinski definition) is 0. The standard InChI is InChI=1S/C24H38N2O2/c1-4-5-13-25(2)18-19-11-14-26(15-12-19)24(27)17-21-8-6-7-20-16-22(28-3)9-10-23(20)21/h9-10,16,19,21H,4-8,11-15,17-18H2,1-3H3. The topological polar surface area (TPSA) is 32.8 Å². The summed E-state index contributed by atoms with van der Waals surface area (Å²) in [6, 6.07) is 6.39. The van der Waals surface area contributed by atoms with Crippen molar-refractivity contribution in [2.24, 2.45) is 5.92 Å². The summed E-state index contributed by atoms with van der Waals surface area (Å²) in [5.74, 6) is 2.40. The van der Waals surface area contributed by atoms with E-state index in [-0.39, 0.29) is 0 Å². The summed E-state index contributed by atoms with van der Waals surface area (Å²) >= 11 is 0. The fourth-order valence-electron chi connectivity index (χ4n) is 4.90. The first-order chi connectivity index (χ1) is 13.6. The number of rotatable bonds is 8. The molecule has 1 unspecified atom stereocenters. The zero-order chi connectivity index (χ0) is 19.9. The van der Waals surface area contributed by atoms with E-state index < -0.39 is 0 Å². The van der Waals surface area contributed by atoms with Crippen molar-refractivity contribution in [3.63, 3.8) is 0 Å². The van der Waals surface area contributed by atoms with Gasteiger partial charge in [-0.15, -0.1) is 0 Å². The number of carbonyl (C=O) groups is 1. The SMILES string of the molecule is CCCCN(C)CC1CCN(C(=O)CC2CCCc3cc(OC)ccc32)CC1. The number of amides is 1. The number of likely N-dealkylation sites (tertiary alicyclic amines) is 1. The molecule has 2 aliphatic rings. The maximum atomic E-state index is 13.0. The quantitative estimate of drug-likeness (QED) is 0.660. The van der Waals surface area contributed by atoms with Crippen LogP contribution in [-0.2, 0) is 11.2 Å². The molecular formula is C24H38N2O2. The van der Waals surface area contributed by atoms with Gasteiger partial charge in [-0.1, -0.05) is 19.4 Å². The van der Waals surface area contributed by atoms with Crippen LogP contribution in [0.4, 0.5) is 0 Å². The molecule has 3 rings (SSSR count). The molecule has 0 aromatic heterocycles. The van der Waals surface area contributed by atoms with Gasteiger partial charge in [-0.25, -0.2) is 0 Å². The largest absolute Gasteiger partial charge is 0.497 e. The van der Waals surface area contributed by atoms with Gasteiger partial charge in [0.15, 0.2) is 0 Å². The zero-order valence-corrected chi connectivity index (χ0v) is 18.1. The predicted octanol–water partition coefficient (Wildman–Crippen LogP) is 4.48. The number of ether oxygens (including phenoxy) is 1. The highest BCUT2D eigenvalue weighted by molar-refractivity contribution is 5.77. The molecule has 0 spiro atoms. The molecule has 1 aromatic rings. The first-order valence-corrected chi connectivity index (χ1v) is 11.2. The summed E-state index contributed by atoms with van der Waals surface area (Å²) in [6.07, 6.45) is 8.92. The Hall–Kier alpha value is -1.55. The van der Waals surface area contributed by atoms with Crippen molar-refractivity contribution >= 4 is 5.91 Å². The lowest BCUT2D eigenvalue weighted by Crippen LogP contribution is -2.41. The van der Waals surface area contributed by atoms with E-state index in [4.69, 9.17) is 4.74 Å². The molecule has 1 aliphatic carbocycles. The Morgan fingerprint density at radius 2 is 2.04 bits per heavy atom. The Kier molecular flexibility index (Phi) is 7.78. The van der Waals surface area contributed by atoms with Crippen LogP contribution in [0.25, 0.3) is 0 Å². The van der Waals surface area contributed by atoms with Crippen molar-refractivity contribution in [1.82, 2.24) is 9.80 Å². The maximum absolute atomic E-state index is 13.0. The van der Waals surface area contributed by atoms with E-state index in [0.29, 0.717) is 18.2 Å². The highest BCUT2D eigenvalue weighted by atomic mass is 16.5. The first-order valence-electron chi connectivity index (χ1n) is 11.2. The molecule has 1 heterocycles. The van der Waals surface area contributed by atoms with E-state index in [2.05, 4.69) is 35.9 Å². The Bertz CT molecular complexity index is 637. The van der Waals surface area contributed by atoms with Gasteiger partial charge in [0.2, 0.25) is 5.91 Å². The number of benzene rings is 1. The van der Waals surface area contributed by atoms with Gasteiger partial charge in [-0.05, 0) is 87.2 Å². The van der Waals surface area contributed by atoms with Crippen LogP contribution < -0.4 is 4.74 Å². The summed E-state index contributed by atoms with van der Waals surface area (Å²) in [6.45, 7) is 6.50. The highest BCUT2D eigenvalue weighted by Gasteiger charge is 2.28. The third-order valence-electron chi connectivity index (χ3n) is 6.64. The van der Waals surface area contributed by atoms with Crippen LogP contribution in [0.1, 0.15) is 68.9 Å². The summed E-state index contributed by atoms with van der Waals surface area (Å²) < 4.78 is 5.37. The fraction of sp³-hybridized carbons (Fsp3) is 0.708. The summed E-state index contributed by atoms with van der Waals surface area (Å²) in [5.41, 5.74) is 2.74. The number of carbonyl (C=O) groups excluding carboxylic acids is 1. The van der Waals surface area contributed by atoms with E-state index in [1.165, 1.54) is 43.5 Å². The summed E-state index contributed by atoms with van der Waals surface area (Å²) in [5, 5.41) is 0. The molecule has 156 valence electrons. The number of aryl methyl sites for hydroxylation is 1. The van der Waals surface area contributed by atoms with Crippen LogP contribution in [-0.4, -0.2) is 56.0 Å². The number of piperidine rings is 1. The van der Waals surface area contributed by atoms with Crippen molar-refractivity contribution in [1.29, 1.82) is 0 Å². The number of methoxy groups -OCH3 is 1. The van der Waals surface area contributed by atoms with Gasteiger partial charge in [0.05, 0.1) is 7.11 Å². The minimum absolute atomic E-state index is 0.353. The first kappa shape index (κ1) is 21.2. The van der Waals surface area contributed by atoms with Crippen LogP contribution in [0.3, 0.4) is 0 Å². The van der Waals surface area contributed by atoms with Gasteiger partial charge in [0, 0.05) is 26.1 Å². The van der Waals surface area contributed by atoms with Crippen molar-refractivity contribution in [3.8, 4) is 5.75 Å². The van der Waals surface area contributed by atoms with E-state index in [9.17, 15) is 4.79 Å². The Balaban J connectivity index is 1.49. The molecular weight excluding hydrogens is 348 g/mol. The Morgan fingerprint density at radius 3 is 2.75 bits per heavy atom. The van der Waals surface area contributed by atoms with Gasteiger partial charge in [-0.3, -0.25) is 4.79 Å². The maximum Gasteiger partial charge on any atom is 0.223 e. The smallest absolute Gasteiger partial charge is 0.223 e. The number of fused-ring (bicyclic) bond motifs is 1. The summed E-state index contributed by atoms with van der Waals surface area (Å²) in [4.78, 5) is 17.6. The average Bonchev–Trinajstić information content (AvgIpc) is 2.72. The second kappa shape index (κ2) is 10.3. The third kappa shape index (κ3) is 5.50. The Morgan fingerprint density at radius 1 is 1.25 bits per heavy atom. The Labute approximate surface area is 171 Å². The van der Waals surface area contributed by atoms with Gasteiger partial charge in [0.25, 0.3) is 0 Å². The molecule has 0 N–H and O–H groups in total. The van der Waals surface area contributed by atoms with Crippen molar-refractivity contribution in [2.45, 2.75) is 64.2 Å². The van der Waals surface area contributed by atoms with Gasteiger partial charge in [0.1, 0.15) is 5.75 Å². The second-order valence-corrected chi connectivity index (χ2v) is 8.80. The van der Waals surface area contributed by atoms with Gasteiger partial charge < -0.3 is 14.5 Å². The van der Waals surface area contributed by atoms with Crippen molar-refractivity contribution < 1.29 is 9.53 Å². The van der Waals surface area contributed by atoms with Crippen LogP contribution in [0.2, 0.25) is 0 Å². The molecule has 1 aromatic carbocycles. The minimum Gasteiger partial charge on any atom is -0.497 e.